The van der Waals surface area contributed by atoms with Crippen molar-refractivity contribution in [2.75, 3.05) is 127 Å². The summed E-state index contributed by atoms with van der Waals surface area (Å²) in [7, 11) is -3.99. The van der Waals surface area contributed by atoms with E-state index in [1.54, 1.807) is 54.8 Å². The van der Waals surface area contributed by atoms with Gasteiger partial charge in [0.15, 0.2) is 23.0 Å². The summed E-state index contributed by atoms with van der Waals surface area (Å²) in [4.78, 5) is 156. The van der Waals surface area contributed by atoms with Crippen LogP contribution in [0, 0.1) is 0 Å². The first kappa shape index (κ1) is 83.3. The van der Waals surface area contributed by atoms with Crippen LogP contribution >= 0.6 is 11.8 Å². The normalized spacial score (nSPS) is 14.3. The highest BCUT2D eigenvalue weighted by Crippen LogP contribution is 2.35. The van der Waals surface area contributed by atoms with E-state index < -0.39 is 128 Å². The number of furan rings is 2. The van der Waals surface area contributed by atoms with Gasteiger partial charge in [0.1, 0.15) is 38.8 Å². The number of aliphatic carboxylic acids is 1. The number of nitrogens with two attached hydrogens (primary N) is 3. The lowest BCUT2D eigenvalue weighted by Crippen LogP contribution is -2.54. The van der Waals surface area contributed by atoms with E-state index in [4.69, 9.17) is 44.4 Å². The molecule has 4 heterocycles. The quantitative estimate of drug-likeness (QED) is 0.0300. The van der Waals surface area contributed by atoms with Crippen molar-refractivity contribution in [3.63, 3.8) is 0 Å². The minimum Gasteiger partial charge on any atom is -0.480 e. The first-order valence-electron chi connectivity index (χ1n) is 37.0. The Balaban J connectivity index is 0.982. The molecule has 34 heteroatoms. The number of primary sulfonamides is 1. The van der Waals surface area contributed by atoms with Gasteiger partial charge in [0.25, 0.3) is 0 Å². The number of fused-ring (bicyclic) bond motifs is 2. The molecule has 2 aromatic heterocycles. The molecule has 2 aliphatic carbocycles. The number of hydrogen-bond acceptors (Lipinski definition) is 22. The lowest BCUT2D eigenvalue weighted by Gasteiger charge is -2.37. The van der Waals surface area contributed by atoms with Gasteiger partial charge < -0.3 is 84.4 Å². The van der Waals surface area contributed by atoms with Gasteiger partial charge in [0.05, 0.1) is 43.6 Å². The molecule has 2 aliphatic heterocycles. The van der Waals surface area contributed by atoms with E-state index in [-0.39, 0.29) is 107 Å². The Kier molecular flexibility index (Phi) is 31.9. The molecule has 9 rings (SSSR count). The van der Waals surface area contributed by atoms with Crippen LogP contribution in [0.3, 0.4) is 0 Å². The zero-order valence-corrected chi connectivity index (χ0v) is 63.3. The predicted octanol–water partition coefficient (Wildman–Crippen LogP) is 4.01. The number of thioether (sulfide) groups is 1. The zero-order chi connectivity index (χ0) is 77.8. The molecule has 0 bridgehead atoms. The van der Waals surface area contributed by atoms with Crippen molar-refractivity contribution in [3.05, 3.63) is 114 Å². The molecule has 109 heavy (non-hydrogen) atoms. The van der Waals surface area contributed by atoms with Gasteiger partial charge in [-0.1, -0.05) is 62.8 Å². The summed E-state index contributed by atoms with van der Waals surface area (Å²) in [6.45, 7) is -4.95. The molecular weight excluding hydrogens is 1450 g/mol. The topological polar surface area (TPSA) is 416 Å². The van der Waals surface area contributed by atoms with Gasteiger partial charge in [-0.2, -0.15) is 11.8 Å². The molecule has 32 nitrogen and oxygen atoms in total. The Labute approximate surface area is 638 Å². The van der Waals surface area contributed by atoms with E-state index in [0.29, 0.717) is 96.8 Å². The fourth-order valence-electron chi connectivity index (χ4n) is 13.4. The third-order valence-corrected chi connectivity index (χ3v) is 21.0. The largest absolute Gasteiger partial charge is 0.480 e. The van der Waals surface area contributed by atoms with E-state index in [1.165, 1.54) is 90.1 Å². The molecule has 2 saturated carbocycles. The Morgan fingerprint density at radius 3 is 1.51 bits per heavy atom. The van der Waals surface area contributed by atoms with E-state index in [0.717, 1.165) is 48.3 Å². The number of carbonyl (C=O) groups is 10. The number of sulfonamides is 1. The van der Waals surface area contributed by atoms with Crippen LogP contribution in [0.5, 0.6) is 23.0 Å². The summed E-state index contributed by atoms with van der Waals surface area (Å²) in [5.74, 6) is -5.49. The van der Waals surface area contributed by atoms with Crippen molar-refractivity contribution in [2.24, 2.45) is 16.6 Å². The Bertz CT molecular complexity index is 3990. The number of amides is 9. The van der Waals surface area contributed by atoms with Crippen LogP contribution < -0.4 is 56.0 Å². The van der Waals surface area contributed by atoms with Crippen LogP contribution in [-0.4, -0.2) is 237 Å². The van der Waals surface area contributed by atoms with Crippen molar-refractivity contribution in [1.82, 2.24) is 40.0 Å². The van der Waals surface area contributed by atoms with Crippen molar-refractivity contribution >= 4 is 92.7 Å². The van der Waals surface area contributed by atoms with E-state index in [1.807, 2.05) is 0 Å². The number of rotatable bonds is 43. The van der Waals surface area contributed by atoms with Gasteiger partial charge in [0, 0.05) is 56.9 Å². The number of anilines is 2. The molecule has 3 aromatic carbocycles. The summed E-state index contributed by atoms with van der Waals surface area (Å²) in [5.41, 5.74) is 13.5. The van der Waals surface area contributed by atoms with Crippen molar-refractivity contribution in [2.45, 2.75) is 139 Å². The van der Waals surface area contributed by atoms with Gasteiger partial charge in [0.2, 0.25) is 88.5 Å². The molecule has 0 radical (unpaired) electrons. The predicted molar refractivity (Wildman–Crippen MR) is 402 cm³/mol. The summed E-state index contributed by atoms with van der Waals surface area (Å²) >= 11 is 1.40. The standard InChI is InChI=1S/C75H101N13O19S2/c1-108-37-29-59(75(98)99)80-64(89)43-81(32-10-8-30-76)68(93)49-87(73-18-12-35-102-73)72(97)50-88(74-19-13-36-103-74)71(96)47-85(42-55-23-27-61-63(39-55)107-52-105-61)69(94)48-86(57-16-6-3-7-17-57)70(95)46-84(41-54-22-26-60-62(38-54)106-51-104-60)67(92)45-82(33-11-9-31-77)66(91)44-83(65(90)40-79-56-14-4-2-5-15-56)34-28-53-20-24-58(25-21-53)109(78,100)101/h12-13,18-27,35-36,38-39,56-57,59,79H,2-11,14-17,28-34,37,40-52,76-77H2,1H3,(H,80,89)(H,98,99)(H2,78,100,101). The molecule has 2 fully saturated rings. The SMILES string of the molecule is CSCCC(NC(=O)CN(CCCCN)C(=O)CN(C(=O)CN(C(=O)CN(Cc1ccc2c(c1)OCO2)C(=O)CN(C(=O)CN(Cc1ccc2c(c1)OCO2)C(=O)CN(CCCCN)C(=O)CN(CCc1ccc(S(N)(=O)=O)cc1)C(=O)CNC1CCCCC1)C1CCCCC1)c1ccco1)c1ccco1)C(=O)O. The summed E-state index contributed by atoms with van der Waals surface area (Å²) in [6, 6.07) is 20.1. The highest BCUT2D eigenvalue weighted by atomic mass is 32.2. The van der Waals surface area contributed by atoms with E-state index >= 15 is 19.2 Å². The summed E-state index contributed by atoms with van der Waals surface area (Å²) < 4.78 is 58.3. The third kappa shape index (κ3) is 25.2. The number of nitrogens with zero attached hydrogens (tertiary/aromatic N) is 8. The van der Waals surface area contributed by atoms with E-state index in [9.17, 15) is 42.3 Å². The molecule has 1 unspecified atom stereocenters. The van der Waals surface area contributed by atoms with Crippen molar-refractivity contribution in [1.29, 1.82) is 0 Å². The average molecular weight is 1550 g/mol. The van der Waals surface area contributed by atoms with Crippen LogP contribution in [0.2, 0.25) is 0 Å². The monoisotopic (exact) mass is 1550 g/mol. The Morgan fingerprint density at radius 1 is 0.523 bits per heavy atom. The van der Waals surface area contributed by atoms with Gasteiger partial charge in [-0.05, 0) is 155 Å². The van der Waals surface area contributed by atoms with Crippen LogP contribution in [0.1, 0.15) is 113 Å². The number of ether oxygens (including phenoxy) is 4. The fraction of sp³-hybridized carbons (Fsp3) is 0.520. The average Bonchev–Trinajstić information content (AvgIpc) is 1.73. The first-order valence-corrected chi connectivity index (χ1v) is 39.9. The molecule has 5 aromatic rings. The van der Waals surface area contributed by atoms with Gasteiger partial charge in [-0.15, -0.1) is 0 Å². The second-order valence-electron chi connectivity index (χ2n) is 27.4. The number of carboxylic acid groups (broad SMARTS) is 1. The third-order valence-electron chi connectivity index (χ3n) is 19.5. The lowest BCUT2D eigenvalue weighted by molar-refractivity contribution is -0.149. The number of hydrogen-bond donors (Lipinski definition) is 6. The van der Waals surface area contributed by atoms with Crippen LogP contribution in [0.15, 0.2) is 111 Å². The molecular formula is C75H101N13O19S2. The number of carbonyl (C=O) groups excluding carboxylic acids is 9. The maximum Gasteiger partial charge on any atom is 0.326 e. The highest BCUT2D eigenvalue weighted by Gasteiger charge is 2.37. The Morgan fingerprint density at radius 2 is 0.991 bits per heavy atom. The van der Waals surface area contributed by atoms with Crippen molar-refractivity contribution < 1.29 is 89.3 Å². The van der Waals surface area contributed by atoms with Crippen LogP contribution in [-0.2, 0) is 77.5 Å². The van der Waals surface area contributed by atoms with Crippen LogP contribution in [0.25, 0.3) is 0 Å². The molecule has 4 aliphatic rings. The number of benzene rings is 3. The van der Waals surface area contributed by atoms with Gasteiger partial charge in [-0.3, -0.25) is 53.0 Å². The molecule has 592 valence electrons. The van der Waals surface area contributed by atoms with Crippen LogP contribution in [0.4, 0.5) is 11.8 Å². The maximum absolute atomic E-state index is 15.7. The minimum absolute atomic E-state index is 0.00855. The first-order chi connectivity index (χ1) is 52.6. The number of nitrogens with one attached hydrogen (secondary N) is 2. The second kappa shape index (κ2) is 41.7. The fourth-order valence-corrected chi connectivity index (χ4v) is 14.4. The minimum atomic E-state index is -3.99. The molecule has 0 spiro atoms. The van der Waals surface area contributed by atoms with Gasteiger partial charge in [-0.25, -0.2) is 18.4 Å². The molecule has 9 amide bonds. The highest BCUT2D eigenvalue weighted by molar-refractivity contribution is 7.98. The zero-order valence-electron chi connectivity index (χ0n) is 61.6. The second-order valence-corrected chi connectivity index (χ2v) is 29.9. The number of unbranched alkanes of at least 4 members (excludes halogenated alkanes) is 2. The number of carboxylic acids is 1. The summed E-state index contributed by atoms with van der Waals surface area (Å²) in [6.07, 6.45) is 14.5. The van der Waals surface area contributed by atoms with Crippen molar-refractivity contribution in [3.8, 4) is 23.0 Å². The molecule has 9 N–H and O–H groups in total. The molecule has 0 saturated heterocycles. The summed E-state index contributed by atoms with van der Waals surface area (Å²) in [5, 5.41) is 21.1. The van der Waals surface area contributed by atoms with E-state index in [2.05, 4.69) is 10.6 Å². The van der Waals surface area contributed by atoms with Gasteiger partial charge >= 0.3 is 5.97 Å². The lowest BCUT2D eigenvalue weighted by atomic mass is 9.94. The smallest absolute Gasteiger partial charge is 0.326 e. The Hall–Kier alpha value is -9.74. The molecule has 1 atom stereocenters. The maximum atomic E-state index is 15.7.